The molecule has 1 fully saturated rings. The highest BCUT2D eigenvalue weighted by molar-refractivity contribution is 6.52. The molecule has 1 aliphatic rings. The Morgan fingerprint density at radius 2 is 1.81 bits per heavy atom. The molecule has 1 saturated heterocycles. The van der Waals surface area contributed by atoms with Crippen molar-refractivity contribution in [3.05, 3.63) is 39.2 Å². The van der Waals surface area contributed by atoms with E-state index in [0.29, 0.717) is 6.42 Å². The van der Waals surface area contributed by atoms with Gasteiger partial charge in [0.2, 0.25) is 0 Å². The molecule has 4 nitrogen and oxygen atoms in total. The van der Waals surface area contributed by atoms with Gasteiger partial charge in [-0.15, -0.1) is 0 Å². The number of pyridine rings is 1. The van der Waals surface area contributed by atoms with Crippen LogP contribution in [0.5, 0.6) is 0 Å². The van der Waals surface area contributed by atoms with Crippen LogP contribution in [0.3, 0.4) is 0 Å². The molecule has 0 aromatic carbocycles. The van der Waals surface area contributed by atoms with Crippen LogP contribution >= 0.6 is 0 Å². The van der Waals surface area contributed by atoms with Crippen LogP contribution in [0.1, 0.15) is 51.4 Å². The lowest BCUT2D eigenvalue weighted by atomic mass is 9.89. The molecule has 0 amide bonds. The third-order valence-corrected chi connectivity index (χ3v) is 4.44. The number of nitrogens with one attached hydrogen (secondary N) is 1. The minimum Gasteiger partial charge on any atom is -0.400 e. The topological polar surface area (TPSA) is 51.3 Å². The number of aromatic nitrogens is 1. The highest BCUT2D eigenvalue weighted by Crippen LogP contribution is 2.37. The quantitative estimate of drug-likeness (QED) is 0.870. The summed E-state index contributed by atoms with van der Waals surface area (Å²) >= 11 is 0. The van der Waals surface area contributed by atoms with Gasteiger partial charge in [-0.3, -0.25) is 4.79 Å². The molecule has 0 bridgehead atoms. The SMILES string of the molecule is CCc1cc(/C=C/B2OC(C)(C)C(C)(C)O2)c(C)[nH]c1=O. The van der Waals surface area contributed by atoms with Gasteiger partial charge in [0.05, 0.1) is 11.2 Å². The van der Waals surface area contributed by atoms with E-state index in [9.17, 15) is 4.79 Å². The summed E-state index contributed by atoms with van der Waals surface area (Å²) in [6.07, 6.45) is 2.67. The fraction of sp³-hybridized carbons (Fsp3) is 0.562. The standard InChI is InChI=1S/C16H24BNO3/c1-7-12-10-13(11(2)18-14(12)19)8-9-17-20-15(3,4)16(5,6)21-17/h8-10H,7H2,1-6H3,(H,18,19)/b9-8+. The summed E-state index contributed by atoms with van der Waals surface area (Å²) in [4.78, 5) is 14.6. The van der Waals surface area contributed by atoms with E-state index in [4.69, 9.17) is 9.31 Å². The van der Waals surface area contributed by atoms with E-state index in [1.54, 1.807) is 0 Å². The fourth-order valence-corrected chi connectivity index (χ4v) is 2.27. The predicted octanol–water partition coefficient (Wildman–Crippen LogP) is 2.89. The van der Waals surface area contributed by atoms with Crippen molar-refractivity contribution < 1.29 is 9.31 Å². The van der Waals surface area contributed by atoms with E-state index in [1.165, 1.54) is 0 Å². The summed E-state index contributed by atoms with van der Waals surface area (Å²) in [6, 6.07) is 1.93. The van der Waals surface area contributed by atoms with E-state index in [0.717, 1.165) is 16.8 Å². The van der Waals surface area contributed by atoms with Gasteiger partial charge < -0.3 is 14.3 Å². The molecular formula is C16H24BNO3. The second-order valence-corrected chi connectivity index (χ2v) is 6.54. The van der Waals surface area contributed by atoms with E-state index in [-0.39, 0.29) is 23.9 Å². The summed E-state index contributed by atoms with van der Waals surface area (Å²) in [6.45, 7) is 12.0. The van der Waals surface area contributed by atoms with Gasteiger partial charge in [-0.1, -0.05) is 19.0 Å². The molecule has 0 radical (unpaired) electrons. The summed E-state index contributed by atoms with van der Waals surface area (Å²) in [5, 5.41) is 0. The number of H-pyrrole nitrogens is 1. The Kier molecular flexibility index (Phi) is 4.18. The van der Waals surface area contributed by atoms with Gasteiger partial charge in [0.15, 0.2) is 0 Å². The second kappa shape index (κ2) is 5.46. The highest BCUT2D eigenvalue weighted by Gasteiger charge is 2.49. The van der Waals surface area contributed by atoms with Crippen LogP contribution in [0.15, 0.2) is 16.8 Å². The molecule has 114 valence electrons. The fourth-order valence-electron chi connectivity index (χ4n) is 2.27. The maximum absolute atomic E-state index is 11.7. The van der Waals surface area contributed by atoms with E-state index in [2.05, 4.69) is 4.98 Å². The zero-order valence-corrected chi connectivity index (χ0v) is 13.7. The van der Waals surface area contributed by atoms with Gasteiger partial charge in [-0.25, -0.2) is 0 Å². The molecule has 1 aromatic rings. The third kappa shape index (κ3) is 3.14. The average Bonchev–Trinajstić information content (AvgIpc) is 2.57. The summed E-state index contributed by atoms with van der Waals surface area (Å²) in [7, 11) is -0.369. The molecule has 0 aliphatic carbocycles. The lowest BCUT2D eigenvalue weighted by molar-refractivity contribution is 0.00578. The third-order valence-electron chi connectivity index (χ3n) is 4.44. The molecule has 0 saturated carbocycles. The van der Waals surface area contributed by atoms with Gasteiger partial charge in [-0.2, -0.15) is 0 Å². The van der Waals surface area contributed by atoms with E-state index >= 15 is 0 Å². The first-order valence-electron chi connectivity index (χ1n) is 7.43. The van der Waals surface area contributed by atoms with Gasteiger partial charge in [-0.05, 0) is 52.7 Å². The first kappa shape index (κ1) is 16.1. The largest absolute Gasteiger partial charge is 0.487 e. The van der Waals surface area contributed by atoms with Crippen molar-refractivity contribution in [2.75, 3.05) is 0 Å². The number of aromatic amines is 1. The van der Waals surface area contributed by atoms with Crippen LogP contribution in [0.2, 0.25) is 0 Å². The molecule has 5 heteroatoms. The Morgan fingerprint density at radius 1 is 1.24 bits per heavy atom. The van der Waals surface area contributed by atoms with Crippen molar-refractivity contribution in [1.82, 2.24) is 4.98 Å². The average molecular weight is 289 g/mol. The van der Waals surface area contributed by atoms with Crippen molar-refractivity contribution in [3.8, 4) is 0 Å². The van der Waals surface area contributed by atoms with Crippen molar-refractivity contribution in [1.29, 1.82) is 0 Å². The smallest absolute Gasteiger partial charge is 0.400 e. The zero-order chi connectivity index (χ0) is 15.8. The Balaban J connectivity index is 2.22. The van der Waals surface area contributed by atoms with Crippen LogP contribution in [0.4, 0.5) is 0 Å². The van der Waals surface area contributed by atoms with Crippen molar-refractivity contribution in [2.24, 2.45) is 0 Å². The molecule has 0 atom stereocenters. The maximum Gasteiger partial charge on any atom is 0.487 e. The minimum absolute atomic E-state index is 0.0113. The summed E-state index contributed by atoms with van der Waals surface area (Å²) in [5.74, 6) is 1.90. The minimum atomic E-state index is -0.369. The van der Waals surface area contributed by atoms with E-state index in [1.807, 2.05) is 59.7 Å². The van der Waals surface area contributed by atoms with Crippen LogP contribution in [-0.2, 0) is 15.7 Å². The molecule has 21 heavy (non-hydrogen) atoms. The highest BCUT2D eigenvalue weighted by atomic mass is 16.7. The first-order chi connectivity index (χ1) is 9.66. The Hall–Kier alpha value is -1.33. The van der Waals surface area contributed by atoms with E-state index < -0.39 is 0 Å². The number of hydrogen-bond acceptors (Lipinski definition) is 3. The molecule has 0 unspecified atom stereocenters. The molecule has 0 spiro atoms. The van der Waals surface area contributed by atoms with Gasteiger partial charge >= 0.3 is 7.12 Å². The first-order valence-corrected chi connectivity index (χ1v) is 7.43. The molecule has 1 aromatic heterocycles. The second-order valence-electron chi connectivity index (χ2n) is 6.54. The normalized spacial score (nSPS) is 20.4. The molecule has 2 rings (SSSR count). The lowest BCUT2D eigenvalue weighted by Gasteiger charge is -2.32. The van der Waals surface area contributed by atoms with Crippen molar-refractivity contribution in [3.63, 3.8) is 0 Å². The molecular weight excluding hydrogens is 265 g/mol. The summed E-state index contributed by atoms with van der Waals surface area (Å²) < 4.78 is 11.8. The van der Waals surface area contributed by atoms with Gasteiger partial charge in [0.1, 0.15) is 0 Å². The molecule has 2 heterocycles. The molecule has 1 N–H and O–H groups in total. The van der Waals surface area contributed by atoms with Crippen molar-refractivity contribution in [2.45, 2.75) is 59.2 Å². The van der Waals surface area contributed by atoms with Crippen molar-refractivity contribution >= 4 is 13.2 Å². The predicted molar refractivity (Wildman–Crippen MR) is 86.3 cm³/mol. The number of aryl methyl sites for hydroxylation is 2. The lowest BCUT2D eigenvalue weighted by Crippen LogP contribution is -2.41. The van der Waals surface area contributed by atoms with Crippen LogP contribution in [0, 0.1) is 6.92 Å². The van der Waals surface area contributed by atoms with Gasteiger partial charge in [0, 0.05) is 11.3 Å². The number of hydrogen-bond donors (Lipinski definition) is 1. The molecule has 1 aliphatic heterocycles. The monoisotopic (exact) mass is 289 g/mol. The zero-order valence-electron chi connectivity index (χ0n) is 13.7. The Bertz CT molecular complexity index is 600. The van der Waals surface area contributed by atoms with Gasteiger partial charge in [0.25, 0.3) is 5.56 Å². The summed E-state index contributed by atoms with van der Waals surface area (Å²) in [5.41, 5.74) is 1.94. The number of rotatable bonds is 3. The van der Waals surface area contributed by atoms with Crippen LogP contribution in [0.25, 0.3) is 6.08 Å². The van der Waals surface area contributed by atoms with Crippen LogP contribution < -0.4 is 5.56 Å². The maximum atomic E-state index is 11.7. The Morgan fingerprint density at radius 3 is 2.33 bits per heavy atom. The Labute approximate surface area is 126 Å². The van der Waals surface area contributed by atoms with Crippen LogP contribution in [-0.4, -0.2) is 23.3 Å².